The second-order valence-electron chi connectivity index (χ2n) is 3.45. The summed E-state index contributed by atoms with van der Waals surface area (Å²) < 4.78 is 1.40. The van der Waals surface area contributed by atoms with Crippen molar-refractivity contribution in [3.05, 3.63) is 45.3 Å². The first kappa shape index (κ1) is 11.5. The molecule has 5 nitrogen and oxygen atoms in total. The number of rotatable bonds is 5. The zero-order valence-corrected chi connectivity index (χ0v) is 8.75. The standard InChI is InChI=1S/C10H15N3O2/c1-8(2)3-5-11-7-13-6-4-9(14)12-10(13)15/h4,6,11H,1,3,5,7H2,2H3,(H,12,14,15). The van der Waals surface area contributed by atoms with Gasteiger partial charge in [0.2, 0.25) is 0 Å². The highest BCUT2D eigenvalue weighted by atomic mass is 16.2. The Morgan fingerprint density at radius 2 is 2.33 bits per heavy atom. The zero-order valence-electron chi connectivity index (χ0n) is 8.75. The fourth-order valence-electron chi connectivity index (χ4n) is 1.07. The number of H-pyrrole nitrogens is 1. The van der Waals surface area contributed by atoms with E-state index in [1.54, 1.807) is 0 Å². The van der Waals surface area contributed by atoms with Crippen LogP contribution in [0.1, 0.15) is 13.3 Å². The molecule has 2 N–H and O–H groups in total. The van der Waals surface area contributed by atoms with Gasteiger partial charge in [0.25, 0.3) is 5.56 Å². The number of aromatic amines is 1. The van der Waals surface area contributed by atoms with E-state index in [4.69, 9.17) is 0 Å². The first-order valence-electron chi connectivity index (χ1n) is 4.74. The first-order valence-corrected chi connectivity index (χ1v) is 4.74. The Bertz CT molecular complexity index is 444. The molecule has 0 atom stereocenters. The van der Waals surface area contributed by atoms with Crippen LogP contribution in [0.25, 0.3) is 0 Å². The Morgan fingerprint density at radius 1 is 1.60 bits per heavy atom. The molecule has 0 unspecified atom stereocenters. The van der Waals surface area contributed by atoms with Crippen molar-refractivity contribution in [1.82, 2.24) is 14.9 Å². The molecule has 0 aliphatic heterocycles. The predicted molar refractivity (Wildman–Crippen MR) is 58.8 cm³/mol. The number of aromatic nitrogens is 2. The van der Waals surface area contributed by atoms with Crippen molar-refractivity contribution >= 4 is 0 Å². The molecule has 0 bridgehead atoms. The van der Waals surface area contributed by atoms with Crippen LogP contribution in [0.5, 0.6) is 0 Å². The molecule has 0 aromatic carbocycles. The molecule has 0 amide bonds. The van der Waals surface area contributed by atoms with Gasteiger partial charge in [-0.05, 0) is 13.3 Å². The molecule has 0 saturated heterocycles. The lowest BCUT2D eigenvalue weighted by molar-refractivity contribution is 0.534. The third-order valence-corrected chi connectivity index (χ3v) is 1.91. The number of nitrogens with zero attached hydrogens (tertiary/aromatic N) is 1. The highest BCUT2D eigenvalue weighted by molar-refractivity contribution is 4.88. The summed E-state index contributed by atoms with van der Waals surface area (Å²) >= 11 is 0. The van der Waals surface area contributed by atoms with Gasteiger partial charge in [-0.15, -0.1) is 6.58 Å². The molecule has 1 rings (SSSR count). The van der Waals surface area contributed by atoms with Crippen LogP contribution in [0.2, 0.25) is 0 Å². The van der Waals surface area contributed by atoms with E-state index >= 15 is 0 Å². The number of nitrogens with one attached hydrogen (secondary N) is 2. The van der Waals surface area contributed by atoms with Gasteiger partial charge in [0.05, 0.1) is 6.67 Å². The topological polar surface area (TPSA) is 66.9 Å². The van der Waals surface area contributed by atoms with E-state index in [0.29, 0.717) is 6.67 Å². The normalized spacial score (nSPS) is 10.2. The largest absolute Gasteiger partial charge is 0.329 e. The van der Waals surface area contributed by atoms with E-state index in [-0.39, 0.29) is 5.56 Å². The van der Waals surface area contributed by atoms with Crippen molar-refractivity contribution in [3.8, 4) is 0 Å². The monoisotopic (exact) mass is 209 g/mol. The summed E-state index contributed by atoms with van der Waals surface area (Å²) in [7, 11) is 0. The molecule has 1 aromatic heterocycles. The Hall–Kier alpha value is -1.62. The molecular weight excluding hydrogens is 194 g/mol. The molecule has 0 spiro atoms. The molecule has 0 aliphatic rings. The second kappa shape index (κ2) is 5.31. The van der Waals surface area contributed by atoms with E-state index in [1.165, 1.54) is 16.8 Å². The minimum absolute atomic E-state index is 0.377. The summed E-state index contributed by atoms with van der Waals surface area (Å²) in [4.78, 5) is 24.2. The number of hydrogen-bond donors (Lipinski definition) is 2. The van der Waals surface area contributed by atoms with Gasteiger partial charge in [0.1, 0.15) is 0 Å². The van der Waals surface area contributed by atoms with Gasteiger partial charge >= 0.3 is 5.69 Å². The Labute approximate surface area is 87.5 Å². The van der Waals surface area contributed by atoms with Crippen LogP contribution >= 0.6 is 0 Å². The summed E-state index contributed by atoms with van der Waals surface area (Å²) in [6, 6.07) is 1.32. The van der Waals surface area contributed by atoms with Crippen molar-refractivity contribution in [3.63, 3.8) is 0 Å². The molecular formula is C10H15N3O2. The molecule has 82 valence electrons. The quantitative estimate of drug-likeness (QED) is 0.532. The first-order chi connectivity index (χ1) is 7.09. The zero-order chi connectivity index (χ0) is 11.3. The third kappa shape index (κ3) is 3.95. The maximum Gasteiger partial charge on any atom is 0.329 e. The second-order valence-corrected chi connectivity index (χ2v) is 3.45. The lowest BCUT2D eigenvalue weighted by Gasteiger charge is -2.06. The molecule has 5 heteroatoms. The smallest absolute Gasteiger partial charge is 0.299 e. The molecule has 0 aliphatic carbocycles. The summed E-state index contributed by atoms with van der Waals surface area (Å²) in [6.07, 6.45) is 2.34. The van der Waals surface area contributed by atoms with Crippen molar-refractivity contribution in [1.29, 1.82) is 0 Å². The van der Waals surface area contributed by atoms with Crippen molar-refractivity contribution < 1.29 is 0 Å². The van der Waals surface area contributed by atoms with Crippen LogP contribution < -0.4 is 16.6 Å². The van der Waals surface area contributed by atoms with Gasteiger partial charge in [-0.25, -0.2) is 4.79 Å². The van der Waals surface area contributed by atoms with Crippen molar-refractivity contribution in [2.24, 2.45) is 0 Å². The van der Waals surface area contributed by atoms with Gasteiger partial charge in [0.15, 0.2) is 0 Å². The summed E-state index contributed by atoms with van der Waals surface area (Å²) in [5, 5.41) is 3.07. The average Bonchev–Trinajstić information content (AvgIpc) is 2.14. The lowest BCUT2D eigenvalue weighted by Crippen LogP contribution is -2.33. The van der Waals surface area contributed by atoms with Crippen LogP contribution in [0, 0.1) is 0 Å². The highest BCUT2D eigenvalue weighted by Crippen LogP contribution is 1.91. The maximum absolute atomic E-state index is 11.2. The fraction of sp³-hybridized carbons (Fsp3) is 0.400. The highest BCUT2D eigenvalue weighted by Gasteiger charge is 1.94. The Kier molecular flexibility index (Phi) is 4.05. The summed E-state index contributed by atoms with van der Waals surface area (Å²) in [5.41, 5.74) is 0.319. The maximum atomic E-state index is 11.2. The van der Waals surface area contributed by atoms with Crippen LogP contribution in [0.15, 0.2) is 34.0 Å². The minimum Gasteiger partial charge on any atom is -0.299 e. The van der Waals surface area contributed by atoms with Crippen LogP contribution in [0.3, 0.4) is 0 Å². The SMILES string of the molecule is C=C(C)CCNCn1ccc(=O)[nH]c1=O. The molecule has 0 fully saturated rings. The third-order valence-electron chi connectivity index (χ3n) is 1.91. The van der Waals surface area contributed by atoms with Crippen molar-refractivity contribution in [2.75, 3.05) is 6.54 Å². The van der Waals surface area contributed by atoms with Gasteiger partial charge < -0.3 is 0 Å². The number of hydrogen-bond acceptors (Lipinski definition) is 3. The van der Waals surface area contributed by atoms with Crippen LogP contribution in [-0.4, -0.2) is 16.1 Å². The van der Waals surface area contributed by atoms with E-state index in [9.17, 15) is 9.59 Å². The van der Waals surface area contributed by atoms with E-state index in [2.05, 4.69) is 16.9 Å². The van der Waals surface area contributed by atoms with Gasteiger partial charge in [-0.1, -0.05) is 5.57 Å². The molecule has 1 heterocycles. The summed E-state index contributed by atoms with van der Waals surface area (Å²) in [5.74, 6) is 0. The van der Waals surface area contributed by atoms with Crippen molar-refractivity contribution in [2.45, 2.75) is 20.0 Å². The van der Waals surface area contributed by atoms with Gasteiger partial charge in [-0.3, -0.25) is 19.7 Å². The van der Waals surface area contributed by atoms with Crippen LogP contribution in [0.4, 0.5) is 0 Å². The molecule has 0 saturated carbocycles. The van der Waals surface area contributed by atoms with E-state index in [1.807, 2.05) is 6.92 Å². The lowest BCUT2D eigenvalue weighted by atomic mass is 10.2. The molecule has 0 radical (unpaired) electrons. The van der Waals surface area contributed by atoms with E-state index in [0.717, 1.165) is 18.5 Å². The Balaban J connectivity index is 2.48. The Morgan fingerprint density at radius 3 is 2.93 bits per heavy atom. The molecule has 15 heavy (non-hydrogen) atoms. The average molecular weight is 209 g/mol. The van der Waals surface area contributed by atoms with Gasteiger partial charge in [0, 0.05) is 18.8 Å². The van der Waals surface area contributed by atoms with Gasteiger partial charge in [-0.2, -0.15) is 0 Å². The fourth-order valence-corrected chi connectivity index (χ4v) is 1.07. The molecule has 1 aromatic rings. The predicted octanol–water partition coefficient (Wildman–Crippen LogP) is 0.0499. The van der Waals surface area contributed by atoms with Crippen LogP contribution in [-0.2, 0) is 6.67 Å². The minimum atomic E-state index is -0.398. The van der Waals surface area contributed by atoms with E-state index < -0.39 is 5.69 Å². The summed E-state index contributed by atoms with van der Waals surface area (Å²) in [6.45, 7) is 6.88.